The minimum atomic E-state index is 0.196. The fraction of sp³-hybridized carbons (Fsp3) is 0.333. The van der Waals surface area contributed by atoms with Gasteiger partial charge in [0.2, 0.25) is 0 Å². The van der Waals surface area contributed by atoms with Crippen molar-refractivity contribution in [3.8, 4) is 5.75 Å². The quantitative estimate of drug-likeness (QED) is 0.875. The third kappa shape index (κ3) is 3.53. The summed E-state index contributed by atoms with van der Waals surface area (Å²) in [5.74, 6) is 0.923. The van der Waals surface area contributed by atoms with Crippen molar-refractivity contribution < 1.29 is 4.74 Å². The first-order valence-corrected chi connectivity index (χ1v) is 6.97. The Kier molecular flexibility index (Phi) is 4.33. The minimum absolute atomic E-state index is 0.196. The van der Waals surface area contributed by atoms with E-state index in [-0.39, 0.29) is 5.41 Å². The van der Waals surface area contributed by atoms with E-state index in [0.717, 1.165) is 23.5 Å². The lowest BCUT2D eigenvalue weighted by atomic mass is 9.87. The number of hydrogen-bond acceptors (Lipinski definition) is 2. The Morgan fingerprint density at radius 2 is 1.60 bits per heavy atom. The van der Waals surface area contributed by atoms with Gasteiger partial charge in [0, 0.05) is 17.8 Å². The first kappa shape index (κ1) is 14.4. The highest BCUT2D eigenvalue weighted by molar-refractivity contribution is 5.47. The molecule has 0 aliphatic rings. The molecule has 0 radical (unpaired) electrons. The second-order valence-electron chi connectivity index (χ2n) is 5.99. The first-order chi connectivity index (χ1) is 9.50. The van der Waals surface area contributed by atoms with Gasteiger partial charge in [-0.2, -0.15) is 0 Å². The van der Waals surface area contributed by atoms with E-state index in [1.807, 2.05) is 18.2 Å². The van der Waals surface area contributed by atoms with Gasteiger partial charge in [0.25, 0.3) is 0 Å². The van der Waals surface area contributed by atoms with E-state index in [9.17, 15) is 0 Å². The Labute approximate surface area is 121 Å². The van der Waals surface area contributed by atoms with Crippen LogP contribution in [0.1, 0.15) is 31.9 Å². The van der Waals surface area contributed by atoms with Crippen LogP contribution in [0.4, 0.5) is 5.69 Å². The summed E-state index contributed by atoms with van der Waals surface area (Å²) in [4.78, 5) is 0. The van der Waals surface area contributed by atoms with Gasteiger partial charge in [-0.25, -0.2) is 0 Å². The molecule has 0 atom stereocenters. The standard InChI is InChI=1S/C18H23NO/c1-18(2,3)15-9-11-16(12-10-15)19-13-14-7-5-6-8-17(14)20-4/h5-12,19H,13H2,1-4H3. The van der Waals surface area contributed by atoms with Crippen LogP contribution in [0.3, 0.4) is 0 Å². The number of nitrogens with one attached hydrogen (secondary N) is 1. The number of para-hydroxylation sites is 1. The van der Waals surface area contributed by atoms with E-state index in [1.54, 1.807) is 7.11 Å². The molecule has 0 bridgehead atoms. The van der Waals surface area contributed by atoms with Gasteiger partial charge in [0.05, 0.1) is 7.11 Å². The van der Waals surface area contributed by atoms with Gasteiger partial charge in [0.15, 0.2) is 0 Å². The summed E-state index contributed by atoms with van der Waals surface area (Å²) < 4.78 is 5.36. The molecule has 0 amide bonds. The van der Waals surface area contributed by atoms with Gasteiger partial charge in [-0.1, -0.05) is 51.1 Å². The predicted octanol–water partition coefficient (Wildman–Crippen LogP) is 4.60. The summed E-state index contributed by atoms with van der Waals surface area (Å²) in [6, 6.07) is 16.7. The zero-order valence-electron chi connectivity index (χ0n) is 12.7. The van der Waals surface area contributed by atoms with E-state index >= 15 is 0 Å². The van der Waals surface area contributed by atoms with Crippen molar-refractivity contribution in [2.24, 2.45) is 0 Å². The van der Waals surface area contributed by atoms with Gasteiger partial charge < -0.3 is 10.1 Å². The van der Waals surface area contributed by atoms with Crippen LogP contribution < -0.4 is 10.1 Å². The normalized spacial score (nSPS) is 11.2. The van der Waals surface area contributed by atoms with Crippen molar-refractivity contribution in [1.82, 2.24) is 0 Å². The molecule has 0 spiro atoms. The molecule has 0 saturated carbocycles. The first-order valence-electron chi connectivity index (χ1n) is 6.97. The molecular formula is C18H23NO. The molecule has 2 aromatic rings. The topological polar surface area (TPSA) is 21.3 Å². The van der Waals surface area contributed by atoms with E-state index in [1.165, 1.54) is 5.56 Å². The number of methoxy groups -OCH3 is 1. The molecule has 106 valence electrons. The van der Waals surface area contributed by atoms with Crippen LogP contribution in [0.2, 0.25) is 0 Å². The molecule has 0 aliphatic carbocycles. The van der Waals surface area contributed by atoms with Crippen LogP contribution in [0.5, 0.6) is 5.75 Å². The second-order valence-corrected chi connectivity index (χ2v) is 5.99. The SMILES string of the molecule is COc1ccccc1CNc1ccc(C(C)(C)C)cc1. The second kappa shape index (κ2) is 6.00. The Morgan fingerprint density at radius 3 is 2.20 bits per heavy atom. The Bertz CT molecular complexity index is 552. The molecular weight excluding hydrogens is 246 g/mol. The van der Waals surface area contributed by atoms with E-state index in [4.69, 9.17) is 4.74 Å². The molecule has 1 N–H and O–H groups in total. The number of ether oxygens (including phenoxy) is 1. The van der Waals surface area contributed by atoms with Crippen LogP contribution >= 0.6 is 0 Å². The zero-order chi connectivity index (χ0) is 14.6. The largest absolute Gasteiger partial charge is 0.496 e. The summed E-state index contributed by atoms with van der Waals surface area (Å²) in [6.07, 6.45) is 0. The number of benzene rings is 2. The van der Waals surface area contributed by atoms with Crippen molar-refractivity contribution in [1.29, 1.82) is 0 Å². The van der Waals surface area contributed by atoms with Gasteiger partial charge in [-0.3, -0.25) is 0 Å². The van der Waals surface area contributed by atoms with Gasteiger partial charge >= 0.3 is 0 Å². The fourth-order valence-corrected chi connectivity index (χ4v) is 2.13. The molecule has 0 saturated heterocycles. The average molecular weight is 269 g/mol. The van der Waals surface area contributed by atoms with Gasteiger partial charge in [-0.15, -0.1) is 0 Å². The maximum atomic E-state index is 5.36. The van der Waals surface area contributed by atoms with Crippen molar-refractivity contribution >= 4 is 5.69 Å². The lowest BCUT2D eigenvalue weighted by Gasteiger charge is -2.19. The summed E-state index contributed by atoms with van der Waals surface area (Å²) in [5, 5.41) is 3.43. The average Bonchev–Trinajstić information content (AvgIpc) is 2.45. The van der Waals surface area contributed by atoms with Crippen LogP contribution in [-0.4, -0.2) is 7.11 Å². The summed E-state index contributed by atoms with van der Waals surface area (Å²) in [5.41, 5.74) is 3.83. The van der Waals surface area contributed by atoms with Gasteiger partial charge in [0.1, 0.15) is 5.75 Å². The molecule has 2 nitrogen and oxygen atoms in total. The zero-order valence-corrected chi connectivity index (χ0v) is 12.7. The van der Waals surface area contributed by atoms with E-state index < -0.39 is 0 Å². The minimum Gasteiger partial charge on any atom is -0.496 e. The molecule has 2 heteroatoms. The Balaban J connectivity index is 2.04. The van der Waals surface area contributed by atoms with Crippen molar-refractivity contribution in [2.75, 3.05) is 12.4 Å². The molecule has 0 fully saturated rings. The maximum absolute atomic E-state index is 5.36. The van der Waals surface area contributed by atoms with E-state index in [2.05, 4.69) is 56.4 Å². The maximum Gasteiger partial charge on any atom is 0.123 e. The van der Waals surface area contributed by atoms with E-state index in [0.29, 0.717) is 0 Å². The smallest absolute Gasteiger partial charge is 0.123 e. The van der Waals surface area contributed by atoms with Gasteiger partial charge in [-0.05, 0) is 29.2 Å². The summed E-state index contributed by atoms with van der Waals surface area (Å²) >= 11 is 0. The molecule has 20 heavy (non-hydrogen) atoms. The predicted molar refractivity (Wildman–Crippen MR) is 85.5 cm³/mol. The molecule has 2 aromatic carbocycles. The van der Waals surface area contributed by atoms with Crippen molar-refractivity contribution in [3.05, 3.63) is 59.7 Å². The van der Waals surface area contributed by atoms with Crippen LogP contribution in [-0.2, 0) is 12.0 Å². The van der Waals surface area contributed by atoms with Crippen molar-refractivity contribution in [2.45, 2.75) is 32.7 Å². The highest BCUT2D eigenvalue weighted by Gasteiger charge is 2.12. The molecule has 2 rings (SSSR count). The third-order valence-corrected chi connectivity index (χ3v) is 3.43. The van der Waals surface area contributed by atoms with Crippen LogP contribution in [0, 0.1) is 0 Å². The summed E-state index contributed by atoms with van der Waals surface area (Å²) in [6.45, 7) is 7.44. The lowest BCUT2D eigenvalue weighted by Crippen LogP contribution is -2.10. The highest BCUT2D eigenvalue weighted by Crippen LogP contribution is 2.24. The molecule has 0 unspecified atom stereocenters. The monoisotopic (exact) mass is 269 g/mol. The lowest BCUT2D eigenvalue weighted by molar-refractivity contribution is 0.410. The molecule has 0 heterocycles. The molecule has 0 aliphatic heterocycles. The Morgan fingerprint density at radius 1 is 0.950 bits per heavy atom. The fourth-order valence-electron chi connectivity index (χ4n) is 2.13. The summed E-state index contributed by atoms with van der Waals surface area (Å²) in [7, 11) is 1.71. The number of anilines is 1. The number of rotatable bonds is 4. The third-order valence-electron chi connectivity index (χ3n) is 3.43. The van der Waals surface area contributed by atoms with Crippen molar-refractivity contribution in [3.63, 3.8) is 0 Å². The molecule has 0 aromatic heterocycles. The van der Waals surface area contributed by atoms with Crippen LogP contribution in [0.15, 0.2) is 48.5 Å². The van der Waals surface area contributed by atoms with Crippen LogP contribution in [0.25, 0.3) is 0 Å². The highest BCUT2D eigenvalue weighted by atomic mass is 16.5. The Hall–Kier alpha value is -1.96. The number of hydrogen-bond donors (Lipinski definition) is 1.